The van der Waals surface area contributed by atoms with E-state index in [0.717, 1.165) is 53.8 Å². The van der Waals surface area contributed by atoms with Crippen molar-refractivity contribution < 1.29 is 18.0 Å². The summed E-state index contributed by atoms with van der Waals surface area (Å²) in [4.78, 5) is 26.6. The number of anilines is 3. The fourth-order valence-corrected chi connectivity index (χ4v) is 5.47. The lowest BCUT2D eigenvalue weighted by molar-refractivity contribution is 0.102. The quantitative estimate of drug-likeness (QED) is 0.191. The molecule has 6 rings (SSSR count). The standard InChI is InChI=1S/C35H33F3N6O/c1-22-3-4-24(34(45)40-29-9-5-25(31(19-29)33(37)38)21-44-15-13-43(2)14-16-44)18-30(22)23-6-12-32-26(17-23)20-39-35(42-32)41-28-10-7-27(36)8-11-28/h3-12,17-20,33H,13-16,21H2,1-2H3,(H,40,45)(H,39,41,42). The highest BCUT2D eigenvalue weighted by Gasteiger charge is 2.20. The number of nitrogens with zero attached hydrogens (tertiary/aromatic N) is 4. The minimum atomic E-state index is -2.65. The van der Waals surface area contributed by atoms with E-state index in [0.29, 0.717) is 35.0 Å². The van der Waals surface area contributed by atoms with Gasteiger partial charge in [0, 0.05) is 66.8 Å². The second-order valence-corrected chi connectivity index (χ2v) is 11.4. The molecule has 0 atom stereocenters. The van der Waals surface area contributed by atoms with E-state index < -0.39 is 6.43 Å². The molecule has 1 fully saturated rings. The van der Waals surface area contributed by atoms with Crippen molar-refractivity contribution in [2.75, 3.05) is 43.9 Å². The summed E-state index contributed by atoms with van der Waals surface area (Å²) < 4.78 is 41.3. The van der Waals surface area contributed by atoms with Crippen molar-refractivity contribution in [2.45, 2.75) is 19.9 Å². The summed E-state index contributed by atoms with van der Waals surface area (Å²) in [7, 11) is 2.06. The monoisotopic (exact) mass is 610 g/mol. The maximum absolute atomic E-state index is 14.0. The molecule has 7 nitrogen and oxygen atoms in total. The van der Waals surface area contributed by atoms with Crippen LogP contribution in [0.25, 0.3) is 22.0 Å². The third kappa shape index (κ3) is 7.13. The number of benzene rings is 4. The highest BCUT2D eigenvalue weighted by Crippen LogP contribution is 2.30. The van der Waals surface area contributed by atoms with Gasteiger partial charge in [0.1, 0.15) is 5.82 Å². The average Bonchev–Trinajstić information content (AvgIpc) is 3.04. The van der Waals surface area contributed by atoms with Crippen LogP contribution >= 0.6 is 0 Å². The van der Waals surface area contributed by atoms with Crippen LogP contribution in [0.2, 0.25) is 0 Å². The first kappa shape index (κ1) is 30.2. The second-order valence-electron chi connectivity index (χ2n) is 11.4. The van der Waals surface area contributed by atoms with Crippen LogP contribution in [0.4, 0.5) is 30.5 Å². The number of likely N-dealkylation sites (N-methyl/N-ethyl adjacent to an activating group) is 1. The number of nitrogens with one attached hydrogen (secondary N) is 2. The molecule has 1 amide bonds. The molecule has 45 heavy (non-hydrogen) atoms. The maximum Gasteiger partial charge on any atom is 0.264 e. The first-order valence-electron chi connectivity index (χ1n) is 14.8. The third-order valence-electron chi connectivity index (χ3n) is 8.12. The number of carbonyl (C=O) groups is 1. The Balaban J connectivity index is 1.19. The van der Waals surface area contributed by atoms with E-state index in [4.69, 9.17) is 0 Å². The number of halogens is 3. The van der Waals surface area contributed by atoms with Gasteiger partial charge in [-0.05, 0) is 96.9 Å². The van der Waals surface area contributed by atoms with Gasteiger partial charge in [0.25, 0.3) is 12.3 Å². The molecule has 2 heterocycles. The molecule has 5 aromatic rings. The zero-order chi connectivity index (χ0) is 31.5. The van der Waals surface area contributed by atoms with E-state index in [9.17, 15) is 18.0 Å². The Hall–Kier alpha value is -4.80. The van der Waals surface area contributed by atoms with E-state index >= 15 is 0 Å². The fourth-order valence-electron chi connectivity index (χ4n) is 5.47. The van der Waals surface area contributed by atoms with E-state index in [1.165, 1.54) is 18.2 Å². The smallest absolute Gasteiger partial charge is 0.264 e. The number of hydrogen-bond acceptors (Lipinski definition) is 6. The molecule has 10 heteroatoms. The second kappa shape index (κ2) is 13.1. The lowest BCUT2D eigenvalue weighted by Crippen LogP contribution is -2.44. The van der Waals surface area contributed by atoms with Gasteiger partial charge in [0.05, 0.1) is 5.52 Å². The molecule has 1 aromatic heterocycles. The van der Waals surface area contributed by atoms with Gasteiger partial charge in [-0.15, -0.1) is 0 Å². The molecule has 1 saturated heterocycles. The van der Waals surface area contributed by atoms with Crippen LogP contribution in [0.5, 0.6) is 0 Å². The Morgan fingerprint density at radius 3 is 2.42 bits per heavy atom. The molecular weight excluding hydrogens is 577 g/mol. The predicted octanol–water partition coefficient (Wildman–Crippen LogP) is 7.43. The van der Waals surface area contributed by atoms with Crippen LogP contribution in [-0.2, 0) is 6.54 Å². The minimum Gasteiger partial charge on any atom is -0.324 e. The van der Waals surface area contributed by atoms with Gasteiger partial charge >= 0.3 is 0 Å². The van der Waals surface area contributed by atoms with E-state index in [2.05, 4.69) is 37.4 Å². The number of fused-ring (bicyclic) bond motifs is 1. The molecule has 4 aromatic carbocycles. The summed E-state index contributed by atoms with van der Waals surface area (Å²) in [5.41, 5.74) is 5.34. The first-order valence-corrected chi connectivity index (χ1v) is 14.8. The minimum absolute atomic E-state index is 0.0641. The Morgan fingerprint density at radius 1 is 0.911 bits per heavy atom. The molecule has 1 aliphatic heterocycles. The molecule has 0 bridgehead atoms. The summed E-state index contributed by atoms with van der Waals surface area (Å²) in [6, 6.07) is 21.8. The molecule has 1 aliphatic rings. The van der Waals surface area contributed by atoms with Gasteiger partial charge in [-0.3, -0.25) is 9.69 Å². The van der Waals surface area contributed by atoms with Gasteiger partial charge in [0.2, 0.25) is 5.95 Å². The van der Waals surface area contributed by atoms with Crippen molar-refractivity contribution in [3.05, 3.63) is 113 Å². The Kier molecular flexibility index (Phi) is 8.77. The average molecular weight is 611 g/mol. The van der Waals surface area contributed by atoms with Crippen LogP contribution in [0.1, 0.15) is 33.5 Å². The predicted molar refractivity (Wildman–Crippen MR) is 172 cm³/mol. The number of carbonyl (C=O) groups excluding carboxylic acids is 1. The van der Waals surface area contributed by atoms with Crippen molar-refractivity contribution in [1.29, 1.82) is 0 Å². The van der Waals surface area contributed by atoms with Gasteiger partial charge in [0.15, 0.2) is 0 Å². The molecule has 0 unspecified atom stereocenters. The van der Waals surface area contributed by atoms with E-state index in [1.54, 1.807) is 42.6 Å². The summed E-state index contributed by atoms with van der Waals surface area (Å²) >= 11 is 0. The SMILES string of the molecule is Cc1ccc(C(=O)Nc2ccc(CN3CCN(C)CC3)c(C(F)F)c2)cc1-c1ccc2nc(Nc3ccc(F)cc3)ncc2c1. The zero-order valence-corrected chi connectivity index (χ0v) is 25.0. The molecule has 230 valence electrons. The molecule has 0 spiro atoms. The number of hydrogen-bond donors (Lipinski definition) is 2. The fraction of sp³-hybridized carbons (Fsp3) is 0.229. The first-order chi connectivity index (χ1) is 21.7. The van der Waals surface area contributed by atoms with Crippen molar-refractivity contribution in [3.63, 3.8) is 0 Å². The summed E-state index contributed by atoms with van der Waals surface area (Å²) in [6.07, 6.45) is -0.945. The summed E-state index contributed by atoms with van der Waals surface area (Å²) in [5.74, 6) is -0.320. The molecule has 0 saturated carbocycles. The number of piperazine rings is 1. The largest absolute Gasteiger partial charge is 0.324 e. The van der Waals surface area contributed by atoms with Gasteiger partial charge in [-0.2, -0.15) is 0 Å². The van der Waals surface area contributed by atoms with Crippen molar-refractivity contribution >= 4 is 34.1 Å². The Labute approximate surface area is 259 Å². The van der Waals surface area contributed by atoms with Crippen LogP contribution in [0.3, 0.4) is 0 Å². The number of rotatable bonds is 8. The van der Waals surface area contributed by atoms with Crippen LogP contribution in [-0.4, -0.2) is 58.9 Å². The molecule has 0 aliphatic carbocycles. The van der Waals surface area contributed by atoms with Crippen LogP contribution < -0.4 is 10.6 Å². The van der Waals surface area contributed by atoms with Gasteiger partial charge in [-0.25, -0.2) is 23.1 Å². The summed E-state index contributed by atoms with van der Waals surface area (Å²) in [5, 5.41) is 6.69. The molecule has 2 N–H and O–H groups in total. The lowest BCUT2D eigenvalue weighted by Gasteiger charge is -2.32. The number of amides is 1. The van der Waals surface area contributed by atoms with Crippen molar-refractivity contribution in [2.24, 2.45) is 0 Å². The molecule has 0 radical (unpaired) electrons. The Morgan fingerprint density at radius 2 is 1.67 bits per heavy atom. The number of aromatic nitrogens is 2. The highest BCUT2D eigenvalue weighted by molar-refractivity contribution is 6.05. The lowest BCUT2D eigenvalue weighted by atomic mass is 9.97. The van der Waals surface area contributed by atoms with E-state index in [-0.39, 0.29) is 17.3 Å². The Bertz CT molecular complexity index is 1840. The summed E-state index contributed by atoms with van der Waals surface area (Å²) in [6.45, 7) is 5.87. The zero-order valence-electron chi connectivity index (χ0n) is 25.0. The van der Waals surface area contributed by atoms with Crippen LogP contribution in [0.15, 0.2) is 85.1 Å². The van der Waals surface area contributed by atoms with Crippen LogP contribution in [0, 0.1) is 12.7 Å². The maximum atomic E-state index is 14.0. The topological polar surface area (TPSA) is 73.4 Å². The molecular formula is C35H33F3N6O. The van der Waals surface area contributed by atoms with Gasteiger partial charge < -0.3 is 15.5 Å². The van der Waals surface area contributed by atoms with Crippen molar-refractivity contribution in [3.8, 4) is 11.1 Å². The normalized spacial score (nSPS) is 14.2. The van der Waals surface area contributed by atoms with E-state index in [1.807, 2.05) is 31.2 Å². The van der Waals surface area contributed by atoms with Crippen molar-refractivity contribution in [1.82, 2.24) is 19.8 Å². The number of alkyl halides is 2. The highest BCUT2D eigenvalue weighted by atomic mass is 19.3. The number of aryl methyl sites for hydroxylation is 1. The third-order valence-corrected chi connectivity index (χ3v) is 8.12. The van der Waals surface area contributed by atoms with Gasteiger partial charge in [-0.1, -0.05) is 18.2 Å².